The van der Waals surface area contributed by atoms with E-state index in [4.69, 9.17) is 5.73 Å². The lowest BCUT2D eigenvalue weighted by Gasteiger charge is -2.09. The number of carbonyl (C=O) groups is 1. The van der Waals surface area contributed by atoms with Crippen molar-refractivity contribution in [3.8, 4) is 0 Å². The van der Waals surface area contributed by atoms with Crippen LogP contribution in [0.5, 0.6) is 0 Å². The van der Waals surface area contributed by atoms with E-state index in [9.17, 15) is 4.79 Å². The Morgan fingerprint density at radius 2 is 1.96 bits per heavy atom. The summed E-state index contributed by atoms with van der Waals surface area (Å²) in [4.78, 5) is 16.9. The molecule has 5 nitrogen and oxygen atoms in total. The van der Waals surface area contributed by atoms with E-state index in [1.807, 2.05) is 60.9 Å². The molecule has 3 N–H and O–H groups in total. The van der Waals surface area contributed by atoms with Crippen LogP contribution in [0.2, 0.25) is 0 Å². The molecule has 0 atom stereocenters. The summed E-state index contributed by atoms with van der Waals surface area (Å²) in [5, 5.41) is 2.92. The Morgan fingerprint density at radius 3 is 2.65 bits per heavy atom. The Labute approximate surface area is 135 Å². The molecule has 0 bridgehead atoms. The second-order valence-corrected chi connectivity index (χ2v) is 5.60. The Morgan fingerprint density at radius 1 is 1.22 bits per heavy atom. The predicted octanol–water partition coefficient (Wildman–Crippen LogP) is 3.13. The summed E-state index contributed by atoms with van der Waals surface area (Å²) in [7, 11) is 0. The van der Waals surface area contributed by atoms with Crippen molar-refractivity contribution in [1.29, 1.82) is 0 Å². The molecule has 5 heteroatoms. The Hall–Kier alpha value is -2.82. The van der Waals surface area contributed by atoms with Gasteiger partial charge in [0, 0.05) is 12.1 Å². The number of nitrogen functional groups attached to an aromatic ring is 1. The summed E-state index contributed by atoms with van der Waals surface area (Å²) < 4.78 is 1.93. The van der Waals surface area contributed by atoms with Gasteiger partial charge in [-0.25, -0.2) is 4.98 Å². The van der Waals surface area contributed by atoms with Gasteiger partial charge in [-0.2, -0.15) is 0 Å². The second kappa shape index (κ2) is 6.12. The third-order valence-electron chi connectivity index (χ3n) is 3.84. The molecule has 3 rings (SSSR count). The average Bonchev–Trinajstić information content (AvgIpc) is 2.89. The van der Waals surface area contributed by atoms with E-state index >= 15 is 0 Å². The predicted molar refractivity (Wildman–Crippen MR) is 93.3 cm³/mol. The lowest BCUT2D eigenvalue weighted by Crippen LogP contribution is -2.20. The van der Waals surface area contributed by atoms with Crippen LogP contribution < -0.4 is 11.1 Å². The summed E-state index contributed by atoms with van der Waals surface area (Å²) in [6.07, 6.45) is 0.742. The summed E-state index contributed by atoms with van der Waals surface area (Å²) in [6, 6.07) is 13.4. The van der Waals surface area contributed by atoms with E-state index in [1.165, 1.54) is 0 Å². The van der Waals surface area contributed by atoms with Crippen LogP contribution in [0, 0.1) is 6.92 Å². The number of imidazole rings is 1. The number of aryl methyl sites for hydroxylation is 2. The molecule has 1 heterocycles. The number of nitrogens with two attached hydrogens (primary N) is 1. The largest absolute Gasteiger partial charge is 0.397 e. The monoisotopic (exact) mass is 308 g/mol. The Balaban J connectivity index is 1.87. The van der Waals surface area contributed by atoms with Crippen LogP contribution >= 0.6 is 0 Å². The lowest BCUT2D eigenvalue weighted by atomic mass is 10.2. The summed E-state index contributed by atoms with van der Waals surface area (Å²) in [6.45, 7) is 4.25. The van der Waals surface area contributed by atoms with E-state index in [1.54, 1.807) is 0 Å². The molecular weight excluding hydrogens is 288 g/mol. The van der Waals surface area contributed by atoms with Gasteiger partial charge in [0.2, 0.25) is 5.91 Å². The molecule has 0 unspecified atom stereocenters. The van der Waals surface area contributed by atoms with Crippen LogP contribution in [0.4, 0.5) is 11.4 Å². The van der Waals surface area contributed by atoms with Crippen LogP contribution in [0.3, 0.4) is 0 Å². The standard InChI is InChI=1S/C18H20N4O/c1-3-16-21-18-14(19)5-4-6-15(18)22(16)11-17(23)20-13-9-7-12(2)8-10-13/h4-10H,3,11,19H2,1-2H3,(H,20,23). The maximum atomic E-state index is 12.4. The smallest absolute Gasteiger partial charge is 0.244 e. The number of anilines is 2. The van der Waals surface area contributed by atoms with Gasteiger partial charge in [0.05, 0.1) is 11.2 Å². The van der Waals surface area contributed by atoms with Gasteiger partial charge < -0.3 is 15.6 Å². The van der Waals surface area contributed by atoms with Crippen LogP contribution in [0.25, 0.3) is 11.0 Å². The van der Waals surface area contributed by atoms with Gasteiger partial charge >= 0.3 is 0 Å². The highest BCUT2D eigenvalue weighted by Gasteiger charge is 2.14. The minimum Gasteiger partial charge on any atom is -0.397 e. The van der Waals surface area contributed by atoms with Crippen LogP contribution in [0.15, 0.2) is 42.5 Å². The third-order valence-corrected chi connectivity index (χ3v) is 3.84. The number of aromatic nitrogens is 2. The zero-order valence-corrected chi connectivity index (χ0v) is 13.3. The third kappa shape index (κ3) is 3.04. The number of rotatable bonds is 4. The maximum absolute atomic E-state index is 12.4. The first kappa shape index (κ1) is 15.1. The highest BCUT2D eigenvalue weighted by Crippen LogP contribution is 2.22. The molecule has 1 aromatic heterocycles. The number of carbonyl (C=O) groups excluding carboxylic acids is 1. The molecular formula is C18H20N4O. The molecule has 2 aromatic carbocycles. The van der Waals surface area contributed by atoms with Crippen LogP contribution in [0.1, 0.15) is 18.3 Å². The van der Waals surface area contributed by atoms with E-state index < -0.39 is 0 Å². The number of nitrogens with zero attached hydrogens (tertiary/aromatic N) is 2. The van der Waals surface area contributed by atoms with E-state index in [0.717, 1.165) is 34.5 Å². The van der Waals surface area contributed by atoms with Gasteiger partial charge in [-0.15, -0.1) is 0 Å². The van der Waals surface area contributed by atoms with E-state index in [0.29, 0.717) is 5.69 Å². The zero-order valence-electron chi connectivity index (χ0n) is 13.3. The van der Waals surface area contributed by atoms with Crippen LogP contribution in [-0.4, -0.2) is 15.5 Å². The first-order chi connectivity index (χ1) is 11.1. The normalized spacial score (nSPS) is 10.9. The Bertz CT molecular complexity index is 849. The van der Waals surface area contributed by atoms with Crippen molar-refractivity contribution < 1.29 is 4.79 Å². The molecule has 0 aliphatic heterocycles. The van der Waals surface area contributed by atoms with Crippen molar-refractivity contribution >= 4 is 28.3 Å². The molecule has 0 aliphatic carbocycles. The highest BCUT2D eigenvalue weighted by atomic mass is 16.1. The fourth-order valence-corrected chi connectivity index (χ4v) is 2.64. The van der Waals surface area contributed by atoms with E-state index in [2.05, 4.69) is 10.3 Å². The maximum Gasteiger partial charge on any atom is 0.244 e. The van der Waals surface area contributed by atoms with Crippen molar-refractivity contribution in [2.75, 3.05) is 11.1 Å². The summed E-state index contributed by atoms with van der Waals surface area (Å²) >= 11 is 0. The first-order valence-corrected chi connectivity index (χ1v) is 7.68. The van der Waals surface area contributed by atoms with Crippen LogP contribution in [-0.2, 0) is 17.8 Å². The Kier molecular flexibility index (Phi) is 4.02. The molecule has 0 radical (unpaired) electrons. The molecule has 0 saturated heterocycles. The average molecular weight is 308 g/mol. The molecule has 0 saturated carbocycles. The van der Waals surface area contributed by atoms with Crippen molar-refractivity contribution in [3.63, 3.8) is 0 Å². The summed E-state index contributed by atoms with van der Waals surface area (Å²) in [5.41, 5.74) is 10.2. The molecule has 118 valence electrons. The zero-order chi connectivity index (χ0) is 16.4. The van der Waals surface area contributed by atoms with Crippen molar-refractivity contribution in [2.24, 2.45) is 0 Å². The number of hydrogen-bond donors (Lipinski definition) is 2. The summed E-state index contributed by atoms with van der Waals surface area (Å²) in [5.74, 6) is 0.780. The quantitative estimate of drug-likeness (QED) is 0.727. The number of para-hydroxylation sites is 1. The second-order valence-electron chi connectivity index (χ2n) is 5.60. The number of fused-ring (bicyclic) bond motifs is 1. The van der Waals surface area contributed by atoms with Gasteiger partial charge in [-0.1, -0.05) is 30.7 Å². The fourth-order valence-electron chi connectivity index (χ4n) is 2.64. The molecule has 3 aromatic rings. The van der Waals surface area contributed by atoms with Crippen molar-refractivity contribution in [3.05, 3.63) is 53.9 Å². The van der Waals surface area contributed by atoms with Gasteiger partial charge in [0.25, 0.3) is 0 Å². The van der Waals surface area contributed by atoms with Gasteiger partial charge in [-0.3, -0.25) is 4.79 Å². The highest BCUT2D eigenvalue weighted by molar-refractivity contribution is 5.93. The van der Waals surface area contributed by atoms with Gasteiger partial charge in [0.1, 0.15) is 17.9 Å². The minimum atomic E-state index is -0.0784. The number of benzene rings is 2. The lowest BCUT2D eigenvalue weighted by molar-refractivity contribution is -0.116. The fraction of sp³-hybridized carbons (Fsp3) is 0.222. The SMILES string of the molecule is CCc1nc2c(N)cccc2n1CC(=O)Nc1ccc(C)cc1. The minimum absolute atomic E-state index is 0.0784. The molecule has 23 heavy (non-hydrogen) atoms. The van der Waals surface area contributed by atoms with E-state index in [-0.39, 0.29) is 12.5 Å². The number of hydrogen-bond acceptors (Lipinski definition) is 3. The number of nitrogens with one attached hydrogen (secondary N) is 1. The van der Waals surface area contributed by atoms with Crippen molar-refractivity contribution in [2.45, 2.75) is 26.8 Å². The molecule has 1 amide bonds. The number of amides is 1. The first-order valence-electron chi connectivity index (χ1n) is 7.68. The van der Waals surface area contributed by atoms with Crippen molar-refractivity contribution in [1.82, 2.24) is 9.55 Å². The molecule has 0 aliphatic rings. The topological polar surface area (TPSA) is 72.9 Å². The van der Waals surface area contributed by atoms with Gasteiger partial charge in [-0.05, 0) is 31.2 Å². The molecule has 0 fully saturated rings. The van der Waals surface area contributed by atoms with Gasteiger partial charge in [0.15, 0.2) is 0 Å². The molecule has 0 spiro atoms.